The van der Waals surface area contributed by atoms with Crippen molar-refractivity contribution in [1.29, 1.82) is 21.2 Å². The van der Waals surface area contributed by atoms with E-state index in [0.717, 1.165) is 19.3 Å². The van der Waals surface area contributed by atoms with Gasteiger partial charge in [-0.2, -0.15) is 15.8 Å². The van der Waals surface area contributed by atoms with Crippen LogP contribution in [0.1, 0.15) is 76.9 Å². The molecule has 3 aliphatic rings. The first-order valence-corrected chi connectivity index (χ1v) is 12.4. The molecule has 1 aromatic carbocycles. The minimum atomic E-state index is -1.90. The second-order valence-corrected chi connectivity index (χ2v) is 9.96. The van der Waals surface area contributed by atoms with Gasteiger partial charge in [-0.15, -0.1) is 0 Å². The first kappa shape index (κ1) is 24.1. The van der Waals surface area contributed by atoms with Crippen molar-refractivity contribution in [3.63, 3.8) is 0 Å². The second-order valence-electron chi connectivity index (χ2n) is 9.96. The standard InChI is InChI=1S/C27H32N4O3/c1-3-4-5-6-7-14-32-21-10-8-20(9-11-21)23-25(16-28,17-29)26(18-30)22-15-19(2)12-13-27(22,33-23)34-24(26)31/h8-11,19,22-23,31H,3-7,12-15H2,1-2H3. The molecule has 7 heteroatoms. The number of unbranched alkanes of at least 4 members (excludes halogenated alkanes) is 4. The average Bonchev–Trinajstić information content (AvgIpc) is 3.05. The molecule has 0 aromatic heterocycles. The van der Waals surface area contributed by atoms with Gasteiger partial charge in [0.15, 0.2) is 5.41 Å². The van der Waals surface area contributed by atoms with Crippen LogP contribution in [0.2, 0.25) is 0 Å². The Labute approximate surface area is 201 Å². The van der Waals surface area contributed by atoms with E-state index in [1.165, 1.54) is 19.3 Å². The number of hydrogen-bond acceptors (Lipinski definition) is 7. The molecule has 3 fully saturated rings. The largest absolute Gasteiger partial charge is 0.494 e. The number of nitriles is 3. The summed E-state index contributed by atoms with van der Waals surface area (Å²) >= 11 is 0. The molecule has 178 valence electrons. The van der Waals surface area contributed by atoms with Crippen molar-refractivity contribution in [2.45, 2.75) is 77.1 Å². The molecule has 1 N–H and O–H groups in total. The summed E-state index contributed by atoms with van der Waals surface area (Å²) in [6.45, 7) is 4.90. The molecule has 0 radical (unpaired) electrons. The summed E-state index contributed by atoms with van der Waals surface area (Å²) in [4.78, 5) is 0. The molecule has 2 heterocycles. The van der Waals surface area contributed by atoms with Gasteiger partial charge in [0, 0.05) is 6.42 Å². The lowest BCUT2D eigenvalue weighted by atomic mass is 9.50. The third-order valence-electron chi connectivity index (χ3n) is 7.87. The third-order valence-corrected chi connectivity index (χ3v) is 7.87. The summed E-state index contributed by atoms with van der Waals surface area (Å²) in [6, 6.07) is 13.7. The van der Waals surface area contributed by atoms with E-state index in [0.29, 0.717) is 30.8 Å². The number of nitrogens with one attached hydrogen (secondary N) is 1. The van der Waals surface area contributed by atoms with Crippen molar-refractivity contribution in [2.24, 2.45) is 22.7 Å². The zero-order valence-electron chi connectivity index (χ0n) is 20.0. The van der Waals surface area contributed by atoms with Crippen LogP contribution in [0.5, 0.6) is 5.75 Å². The van der Waals surface area contributed by atoms with Crippen LogP contribution in [0.25, 0.3) is 0 Å². The minimum Gasteiger partial charge on any atom is -0.494 e. The third kappa shape index (κ3) is 3.44. The highest BCUT2D eigenvalue weighted by Gasteiger charge is 2.80. The zero-order valence-corrected chi connectivity index (χ0v) is 20.0. The number of nitrogens with zero attached hydrogens (tertiary/aromatic N) is 3. The highest BCUT2D eigenvalue weighted by Crippen LogP contribution is 2.69. The molecule has 0 spiro atoms. The van der Waals surface area contributed by atoms with E-state index in [-0.39, 0.29) is 11.8 Å². The van der Waals surface area contributed by atoms with Crippen LogP contribution in [0.15, 0.2) is 24.3 Å². The van der Waals surface area contributed by atoms with Crippen LogP contribution in [-0.4, -0.2) is 18.3 Å². The smallest absolute Gasteiger partial charge is 0.217 e. The number of rotatable bonds is 8. The van der Waals surface area contributed by atoms with Gasteiger partial charge in [-0.1, -0.05) is 51.7 Å². The summed E-state index contributed by atoms with van der Waals surface area (Å²) in [6.07, 6.45) is 6.69. The summed E-state index contributed by atoms with van der Waals surface area (Å²) < 4.78 is 18.3. The van der Waals surface area contributed by atoms with E-state index in [4.69, 9.17) is 19.6 Å². The van der Waals surface area contributed by atoms with Crippen molar-refractivity contribution in [1.82, 2.24) is 0 Å². The minimum absolute atomic E-state index is 0.286. The topological polar surface area (TPSA) is 123 Å². The van der Waals surface area contributed by atoms with Gasteiger partial charge in [-0.05, 0) is 42.9 Å². The summed E-state index contributed by atoms with van der Waals surface area (Å²) in [5, 5.41) is 39.7. The lowest BCUT2D eigenvalue weighted by Crippen LogP contribution is -2.60. The predicted octanol–water partition coefficient (Wildman–Crippen LogP) is 5.79. The predicted molar refractivity (Wildman–Crippen MR) is 124 cm³/mol. The van der Waals surface area contributed by atoms with Crippen molar-refractivity contribution in [3.05, 3.63) is 29.8 Å². The van der Waals surface area contributed by atoms with Gasteiger partial charge in [0.1, 0.15) is 11.9 Å². The molecule has 34 heavy (non-hydrogen) atoms. The Bertz CT molecular complexity index is 1040. The normalized spacial score (nSPS) is 33.0. The van der Waals surface area contributed by atoms with Gasteiger partial charge < -0.3 is 14.2 Å². The van der Waals surface area contributed by atoms with Crippen LogP contribution in [0.3, 0.4) is 0 Å². The SMILES string of the molecule is CCCCCCCOc1ccc(C2OC34CCC(C)CC3C(C#N)(C(=N)O4)C2(C#N)C#N)cc1. The fraction of sp³-hybridized carbons (Fsp3) is 0.630. The van der Waals surface area contributed by atoms with Crippen LogP contribution in [-0.2, 0) is 9.47 Å². The number of hydrogen-bond donors (Lipinski definition) is 1. The van der Waals surface area contributed by atoms with E-state index in [1.54, 1.807) is 12.1 Å². The summed E-state index contributed by atoms with van der Waals surface area (Å²) in [5.74, 6) is -1.02. The highest BCUT2D eigenvalue weighted by atomic mass is 16.7. The molecular weight excluding hydrogens is 428 g/mol. The van der Waals surface area contributed by atoms with Crippen molar-refractivity contribution in [2.75, 3.05) is 6.61 Å². The molecule has 7 nitrogen and oxygen atoms in total. The van der Waals surface area contributed by atoms with E-state index in [1.807, 2.05) is 12.1 Å². The van der Waals surface area contributed by atoms with Crippen LogP contribution in [0, 0.1) is 62.1 Å². The first-order chi connectivity index (χ1) is 16.4. The molecule has 1 aliphatic carbocycles. The molecule has 2 saturated heterocycles. The van der Waals surface area contributed by atoms with Crippen molar-refractivity contribution < 1.29 is 14.2 Å². The van der Waals surface area contributed by atoms with Crippen molar-refractivity contribution in [3.8, 4) is 24.0 Å². The van der Waals surface area contributed by atoms with Gasteiger partial charge in [0.2, 0.25) is 17.1 Å². The Morgan fingerprint density at radius 3 is 2.41 bits per heavy atom. The van der Waals surface area contributed by atoms with Crippen LogP contribution < -0.4 is 4.74 Å². The van der Waals surface area contributed by atoms with Crippen LogP contribution >= 0.6 is 0 Å². The Morgan fingerprint density at radius 2 is 1.76 bits per heavy atom. The van der Waals surface area contributed by atoms with Crippen LogP contribution in [0.4, 0.5) is 0 Å². The molecule has 5 atom stereocenters. The Balaban J connectivity index is 1.63. The molecule has 2 bridgehead atoms. The van der Waals surface area contributed by atoms with E-state index in [9.17, 15) is 15.8 Å². The number of ether oxygens (including phenoxy) is 3. The maximum absolute atomic E-state index is 10.4. The second kappa shape index (κ2) is 9.28. The van der Waals surface area contributed by atoms with Crippen molar-refractivity contribution >= 4 is 5.90 Å². The Kier molecular flexibility index (Phi) is 6.57. The number of benzene rings is 1. The maximum atomic E-state index is 10.4. The lowest BCUT2D eigenvalue weighted by Gasteiger charge is -2.52. The van der Waals surface area contributed by atoms with Gasteiger partial charge in [0.05, 0.1) is 30.7 Å². The van der Waals surface area contributed by atoms with E-state index >= 15 is 0 Å². The molecule has 2 aliphatic heterocycles. The van der Waals surface area contributed by atoms with E-state index in [2.05, 4.69) is 32.1 Å². The summed E-state index contributed by atoms with van der Waals surface area (Å²) in [7, 11) is 0. The van der Waals surface area contributed by atoms with Gasteiger partial charge >= 0.3 is 0 Å². The Hall–Kier alpha value is -3.08. The first-order valence-electron chi connectivity index (χ1n) is 12.4. The fourth-order valence-corrected chi connectivity index (χ4v) is 5.96. The fourth-order valence-electron chi connectivity index (χ4n) is 5.96. The van der Waals surface area contributed by atoms with Gasteiger partial charge in [-0.3, -0.25) is 5.41 Å². The highest BCUT2D eigenvalue weighted by molar-refractivity contribution is 5.89. The monoisotopic (exact) mass is 460 g/mol. The van der Waals surface area contributed by atoms with E-state index < -0.39 is 28.6 Å². The lowest BCUT2D eigenvalue weighted by molar-refractivity contribution is -0.298. The maximum Gasteiger partial charge on any atom is 0.217 e. The molecule has 5 unspecified atom stereocenters. The molecule has 4 rings (SSSR count). The molecule has 0 amide bonds. The Morgan fingerprint density at radius 1 is 1.06 bits per heavy atom. The summed E-state index contributed by atoms with van der Waals surface area (Å²) in [5.41, 5.74) is -2.97. The average molecular weight is 461 g/mol. The van der Waals surface area contributed by atoms with Gasteiger partial charge in [-0.25, -0.2) is 0 Å². The molecular formula is C27H32N4O3. The zero-order chi connectivity index (χ0) is 24.4. The molecule has 1 saturated carbocycles. The molecule has 1 aromatic rings. The quantitative estimate of drug-likeness (QED) is 0.490. The van der Waals surface area contributed by atoms with Gasteiger partial charge in [0.25, 0.3) is 0 Å².